The van der Waals surface area contributed by atoms with Crippen LogP contribution in [0, 0.1) is 10.1 Å². The number of nitro benzene ring substituents is 1. The fraction of sp³-hybridized carbons (Fsp3) is 0.417. The molecule has 0 amide bonds. The highest BCUT2D eigenvalue weighted by Gasteiger charge is 2.10. The Morgan fingerprint density at radius 3 is 2.79 bits per heavy atom. The molecule has 0 fully saturated rings. The maximum Gasteiger partial charge on any atom is 0.305 e. The van der Waals surface area contributed by atoms with Gasteiger partial charge in [-0.05, 0) is 6.42 Å². The van der Waals surface area contributed by atoms with Gasteiger partial charge in [0, 0.05) is 24.4 Å². The number of nitrogens with one attached hydrogen (secondary N) is 1. The van der Waals surface area contributed by atoms with Crippen molar-refractivity contribution in [1.29, 1.82) is 0 Å². The highest BCUT2D eigenvalue weighted by Crippen LogP contribution is 2.26. The van der Waals surface area contributed by atoms with Crippen LogP contribution in [0.2, 0.25) is 0 Å². The summed E-state index contributed by atoms with van der Waals surface area (Å²) in [7, 11) is 0. The van der Waals surface area contributed by atoms with Crippen molar-refractivity contribution in [3.8, 4) is 5.75 Å². The Labute approximate surface area is 110 Å². The van der Waals surface area contributed by atoms with Gasteiger partial charge in [0.25, 0.3) is 5.69 Å². The van der Waals surface area contributed by atoms with Crippen molar-refractivity contribution in [3.05, 3.63) is 28.3 Å². The Morgan fingerprint density at radius 2 is 2.21 bits per heavy atom. The molecule has 0 atom stereocenters. The summed E-state index contributed by atoms with van der Waals surface area (Å²) in [6, 6.07) is 4.31. The number of nitrogens with zero attached hydrogens (tertiary/aromatic N) is 1. The number of benzene rings is 1. The molecule has 0 aromatic heterocycles. The van der Waals surface area contributed by atoms with Crippen LogP contribution in [0.1, 0.15) is 19.8 Å². The van der Waals surface area contributed by atoms with Gasteiger partial charge in [-0.25, -0.2) is 0 Å². The molecule has 19 heavy (non-hydrogen) atoms. The van der Waals surface area contributed by atoms with Crippen LogP contribution >= 0.6 is 0 Å². The molecule has 0 heterocycles. The lowest BCUT2D eigenvalue weighted by molar-refractivity contribution is -0.384. The van der Waals surface area contributed by atoms with Crippen LogP contribution in [-0.2, 0) is 4.79 Å². The number of anilines is 1. The smallest absolute Gasteiger partial charge is 0.305 e. The molecule has 1 rings (SSSR count). The summed E-state index contributed by atoms with van der Waals surface area (Å²) in [5.41, 5.74) is 0.382. The minimum Gasteiger partial charge on any atom is -0.493 e. The minimum absolute atomic E-state index is 0.0617. The van der Waals surface area contributed by atoms with Crippen molar-refractivity contribution in [1.82, 2.24) is 0 Å². The summed E-state index contributed by atoms with van der Waals surface area (Å²) in [6.45, 7) is 2.60. The molecule has 0 unspecified atom stereocenters. The Morgan fingerprint density at radius 1 is 1.47 bits per heavy atom. The third-order valence-electron chi connectivity index (χ3n) is 2.24. The Hall–Kier alpha value is -2.31. The lowest BCUT2D eigenvalue weighted by Gasteiger charge is -2.09. The molecule has 0 aliphatic carbocycles. The van der Waals surface area contributed by atoms with E-state index in [1.807, 2.05) is 6.92 Å². The molecule has 0 aliphatic heterocycles. The number of carboxylic acids is 1. The monoisotopic (exact) mass is 268 g/mol. The van der Waals surface area contributed by atoms with E-state index in [4.69, 9.17) is 9.84 Å². The zero-order chi connectivity index (χ0) is 14.3. The second kappa shape index (κ2) is 7.20. The number of hydrogen-bond donors (Lipinski definition) is 2. The quantitative estimate of drug-likeness (QED) is 0.554. The Bertz CT molecular complexity index is 461. The van der Waals surface area contributed by atoms with Gasteiger partial charge < -0.3 is 15.2 Å². The molecule has 2 N–H and O–H groups in total. The van der Waals surface area contributed by atoms with Crippen LogP contribution in [0.5, 0.6) is 5.75 Å². The van der Waals surface area contributed by atoms with E-state index < -0.39 is 10.9 Å². The van der Waals surface area contributed by atoms with Gasteiger partial charge in [-0.15, -0.1) is 0 Å². The van der Waals surface area contributed by atoms with Crippen molar-refractivity contribution >= 4 is 17.3 Å². The number of ether oxygens (including phenoxy) is 1. The molecule has 104 valence electrons. The van der Waals surface area contributed by atoms with Crippen molar-refractivity contribution in [2.75, 3.05) is 18.5 Å². The summed E-state index contributed by atoms with van der Waals surface area (Å²) in [4.78, 5) is 20.7. The van der Waals surface area contributed by atoms with Gasteiger partial charge in [0.15, 0.2) is 0 Å². The summed E-state index contributed by atoms with van der Waals surface area (Å²) < 4.78 is 5.35. The van der Waals surface area contributed by atoms with Gasteiger partial charge in [-0.3, -0.25) is 14.9 Å². The fourth-order valence-electron chi connectivity index (χ4n) is 1.41. The number of non-ortho nitro benzene ring substituents is 1. The fourth-order valence-corrected chi connectivity index (χ4v) is 1.41. The molecule has 7 nitrogen and oxygen atoms in total. The van der Waals surface area contributed by atoms with E-state index >= 15 is 0 Å². The summed E-state index contributed by atoms with van der Waals surface area (Å²) in [5, 5.41) is 22.1. The first-order valence-electron chi connectivity index (χ1n) is 5.91. The van der Waals surface area contributed by atoms with Crippen molar-refractivity contribution in [2.45, 2.75) is 19.8 Å². The molecular formula is C12H16N2O5. The van der Waals surface area contributed by atoms with Crippen LogP contribution in [0.15, 0.2) is 18.2 Å². The van der Waals surface area contributed by atoms with Crippen molar-refractivity contribution in [2.24, 2.45) is 0 Å². The summed E-state index contributed by atoms with van der Waals surface area (Å²) in [5.74, 6) is -0.533. The standard InChI is InChI=1S/C12H16N2O5/c1-2-5-19-11-7-9(13-4-3-12(15)16)6-10(8-11)14(17)18/h6-8,13H,2-5H2,1H3,(H,15,16). The molecule has 0 radical (unpaired) electrons. The topological polar surface area (TPSA) is 102 Å². The lowest BCUT2D eigenvalue weighted by Crippen LogP contribution is -2.08. The first-order chi connectivity index (χ1) is 9.02. The molecule has 0 aliphatic rings. The van der Waals surface area contributed by atoms with E-state index in [9.17, 15) is 14.9 Å². The van der Waals surface area contributed by atoms with Crippen LogP contribution in [0.4, 0.5) is 11.4 Å². The molecule has 1 aromatic carbocycles. The summed E-state index contributed by atoms with van der Waals surface area (Å²) in [6.07, 6.45) is 0.734. The van der Waals surface area contributed by atoms with Gasteiger partial charge in [0.1, 0.15) is 5.75 Å². The minimum atomic E-state index is -0.930. The molecule has 0 spiro atoms. The van der Waals surface area contributed by atoms with E-state index in [1.165, 1.54) is 12.1 Å². The number of carboxylic acid groups (broad SMARTS) is 1. The largest absolute Gasteiger partial charge is 0.493 e. The van der Waals surface area contributed by atoms with E-state index in [0.29, 0.717) is 18.0 Å². The van der Waals surface area contributed by atoms with Crippen LogP contribution in [-0.4, -0.2) is 29.2 Å². The van der Waals surface area contributed by atoms with Gasteiger partial charge in [0.05, 0.1) is 24.0 Å². The lowest BCUT2D eigenvalue weighted by atomic mass is 10.2. The van der Waals surface area contributed by atoms with E-state index in [0.717, 1.165) is 6.42 Å². The first kappa shape index (κ1) is 14.7. The van der Waals surface area contributed by atoms with Crippen molar-refractivity contribution in [3.63, 3.8) is 0 Å². The third kappa shape index (κ3) is 5.24. The number of carbonyl (C=O) groups is 1. The average Bonchev–Trinajstić information content (AvgIpc) is 2.35. The van der Waals surface area contributed by atoms with E-state index in [-0.39, 0.29) is 18.7 Å². The van der Waals surface area contributed by atoms with Crippen LogP contribution < -0.4 is 10.1 Å². The SMILES string of the molecule is CCCOc1cc(NCCC(=O)O)cc([N+](=O)[O-])c1. The predicted octanol–water partition coefficient (Wildman–Crippen LogP) is 2.27. The van der Waals surface area contributed by atoms with Gasteiger partial charge in [-0.1, -0.05) is 6.92 Å². The number of aliphatic carboxylic acids is 1. The summed E-state index contributed by atoms with van der Waals surface area (Å²) >= 11 is 0. The van der Waals surface area contributed by atoms with Gasteiger partial charge in [0.2, 0.25) is 0 Å². The van der Waals surface area contributed by atoms with Crippen LogP contribution in [0.3, 0.4) is 0 Å². The van der Waals surface area contributed by atoms with E-state index in [1.54, 1.807) is 6.07 Å². The number of rotatable bonds is 8. The normalized spacial score (nSPS) is 9.95. The first-order valence-corrected chi connectivity index (χ1v) is 5.91. The second-order valence-corrected chi connectivity index (χ2v) is 3.89. The highest BCUT2D eigenvalue weighted by molar-refractivity contribution is 5.67. The highest BCUT2D eigenvalue weighted by atomic mass is 16.6. The van der Waals surface area contributed by atoms with Gasteiger partial charge in [-0.2, -0.15) is 0 Å². The molecule has 0 bridgehead atoms. The van der Waals surface area contributed by atoms with E-state index in [2.05, 4.69) is 5.32 Å². The second-order valence-electron chi connectivity index (χ2n) is 3.89. The zero-order valence-electron chi connectivity index (χ0n) is 10.6. The molecule has 0 saturated carbocycles. The molecule has 0 saturated heterocycles. The Kier molecular flexibility index (Phi) is 5.59. The van der Waals surface area contributed by atoms with Crippen LogP contribution in [0.25, 0.3) is 0 Å². The zero-order valence-corrected chi connectivity index (χ0v) is 10.6. The predicted molar refractivity (Wildman–Crippen MR) is 69.6 cm³/mol. The average molecular weight is 268 g/mol. The molecule has 7 heteroatoms. The molecule has 1 aromatic rings. The number of nitro groups is 1. The maximum absolute atomic E-state index is 10.8. The Balaban J connectivity index is 2.80. The maximum atomic E-state index is 10.8. The number of hydrogen-bond acceptors (Lipinski definition) is 5. The third-order valence-corrected chi connectivity index (χ3v) is 2.24. The van der Waals surface area contributed by atoms with Gasteiger partial charge >= 0.3 is 5.97 Å². The van der Waals surface area contributed by atoms with Crippen molar-refractivity contribution < 1.29 is 19.6 Å². The molecular weight excluding hydrogens is 252 g/mol.